The average Bonchev–Trinajstić information content (AvgIpc) is 2.64. The normalized spacial score (nSPS) is 15.2. The van der Waals surface area contributed by atoms with Crippen LogP contribution < -0.4 is 4.90 Å². The first-order valence-electron chi connectivity index (χ1n) is 5.62. The van der Waals surface area contributed by atoms with E-state index in [4.69, 9.17) is 16.0 Å². The minimum Gasteiger partial charge on any atom is -0.406 e. The molecule has 0 saturated heterocycles. The van der Waals surface area contributed by atoms with E-state index < -0.39 is 0 Å². The van der Waals surface area contributed by atoms with E-state index in [0.717, 1.165) is 6.42 Å². The first kappa shape index (κ1) is 13.3. The van der Waals surface area contributed by atoms with Crippen LogP contribution in [-0.4, -0.2) is 23.3 Å². The molecule has 0 aliphatic carbocycles. The molecular formula is C11H20ClN3O. The molecule has 2 atom stereocenters. The molecule has 0 aromatic carbocycles. The van der Waals surface area contributed by atoms with Crippen LogP contribution in [0.1, 0.15) is 45.4 Å². The number of rotatable bonds is 5. The summed E-state index contributed by atoms with van der Waals surface area (Å²) in [6, 6.07) is 0.912. The van der Waals surface area contributed by atoms with Gasteiger partial charge in [-0.25, -0.2) is 0 Å². The average molecular weight is 246 g/mol. The van der Waals surface area contributed by atoms with Crippen LogP contribution in [0.4, 0.5) is 6.01 Å². The Morgan fingerprint density at radius 3 is 2.31 bits per heavy atom. The lowest BCUT2D eigenvalue weighted by atomic mass is 10.0. The van der Waals surface area contributed by atoms with Crippen molar-refractivity contribution in [3.05, 3.63) is 5.89 Å². The first-order valence-corrected chi connectivity index (χ1v) is 6.05. The summed E-state index contributed by atoms with van der Waals surface area (Å²) < 4.78 is 5.48. The first-order chi connectivity index (χ1) is 7.41. The van der Waals surface area contributed by atoms with Gasteiger partial charge in [0, 0.05) is 13.1 Å². The lowest BCUT2D eigenvalue weighted by molar-refractivity contribution is 0.447. The third-order valence-corrected chi connectivity index (χ3v) is 2.73. The summed E-state index contributed by atoms with van der Waals surface area (Å²) in [6.07, 6.45) is 1.09. The van der Waals surface area contributed by atoms with Crippen molar-refractivity contribution in [3.63, 3.8) is 0 Å². The molecule has 5 heteroatoms. The second-order valence-corrected chi connectivity index (χ2v) is 5.28. The Morgan fingerprint density at radius 1 is 1.25 bits per heavy atom. The van der Waals surface area contributed by atoms with E-state index in [-0.39, 0.29) is 5.38 Å². The van der Waals surface area contributed by atoms with Crippen LogP contribution in [-0.2, 0) is 0 Å². The van der Waals surface area contributed by atoms with Crippen molar-refractivity contribution < 1.29 is 4.42 Å². The van der Waals surface area contributed by atoms with Crippen LogP contribution in [0.3, 0.4) is 0 Å². The molecule has 1 aromatic heterocycles. The van der Waals surface area contributed by atoms with E-state index in [2.05, 4.69) is 31.0 Å². The fourth-order valence-corrected chi connectivity index (χ4v) is 1.65. The predicted octanol–water partition coefficient (Wildman–Crippen LogP) is 3.24. The number of hydrogen-bond acceptors (Lipinski definition) is 4. The van der Waals surface area contributed by atoms with E-state index in [0.29, 0.717) is 23.9 Å². The second-order valence-electron chi connectivity index (χ2n) is 4.63. The summed E-state index contributed by atoms with van der Waals surface area (Å²) >= 11 is 5.87. The van der Waals surface area contributed by atoms with Gasteiger partial charge in [-0.3, -0.25) is 0 Å². The number of anilines is 1. The summed E-state index contributed by atoms with van der Waals surface area (Å²) in [5.74, 6) is 1.12. The topological polar surface area (TPSA) is 42.2 Å². The highest BCUT2D eigenvalue weighted by molar-refractivity contribution is 6.20. The fraction of sp³-hybridized carbons (Fsp3) is 0.818. The van der Waals surface area contributed by atoms with Gasteiger partial charge in [-0.05, 0) is 26.2 Å². The molecule has 0 N–H and O–H groups in total. The maximum absolute atomic E-state index is 5.87. The zero-order chi connectivity index (χ0) is 12.3. The number of aromatic nitrogens is 2. The van der Waals surface area contributed by atoms with Crippen molar-refractivity contribution in [2.75, 3.05) is 11.9 Å². The van der Waals surface area contributed by atoms with Crippen LogP contribution >= 0.6 is 11.6 Å². The van der Waals surface area contributed by atoms with Gasteiger partial charge >= 0.3 is 6.01 Å². The molecule has 16 heavy (non-hydrogen) atoms. The van der Waals surface area contributed by atoms with Gasteiger partial charge in [-0.2, -0.15) is 0 Å². The summed E-state index contributed by atoms with van der Waals surface area (Å²) in [6.45, 7) is 8.36. The quantitative estimate of drug-likeness (QED) is 0.747. The Morgan fingerprint density at radius 2 is 1.88 bits per heavy atom. The molecular weight excluding hydrogens is 226 g/mol. The number of alkyl halides is 1. The molecule has 0 radical (unpaired) electrons. The molecule has 4 nitrogen and oxygen atoms in total. The second kappa shape index (κ2) is 5.53. The lowest BCUT2D eigenvalue weighted by Gasteiger charge is -2.24. The number of halogens is 1. The van der Waals surface area contributed by atoms with Crippen molar-refractivity contribution in [2.45, 2.75) is 45.5 Å². The molecule has 0 aliphatic heterocycles. The molecule has 0 amide bonds. The van der Waals surface area contributed by atoms with Crippen LogP contribution in [0.25, 0.3) is 0 Å². The summed E-state index contributed by atoms with van der Waals surface area (Å²) in [7, 11) is 1.96. The Balaban J connectivity index is 2.68. The Labute approximate surface area is 102 Å². The van der Waals surface area contributed by atoms with Crippen LogP contribution in [0.15, 0.2) is 4.42 Å². The van der Waals surface area contributed by atoms with Gasteiger partial charge in [0.15, 0.2) is 0 Å². The lowest BCUT2D eigenvalue weighted by Crippen LogP contribution is -2.30. The van der Waals surface area contributed by atoms with Crippen LogP contribution in [0, 0.1) is 5.92 Å². The molecule has 1 aromatic rings. The highest BCUT2D eigenvalue weighted by Crippen LogP contribution is 2.23. The molecule has 0 aliphatic rings. The van der Waals surface area contributed by atoms with Gasteiger partial charge in [0.2, 0.25) is 5.89 Å². The maximum Gasteiger partial charge on any atom is 0.318 e. The van der Waals surface area contributed by atoms with Crippen LogP contribution in [0.2, 0.25) is 0 Å². The monoisotopic (exact) mass is 245 g/mol. The maximum atomic E-state index is 5.87. The van der Waals surface area contributed by atoms with Gasteiger partial charge in [0.1, 0.15) is 5.38 Å². The zero-order valence-electron chi connectivity index (χ0n) is 10.6. The number of nitrogens with zero attached hydrogens (tertiary/aromatic N) is 3. The summed E-state index contributed by atoms with van der Waals surface area (Å²) in [5.41, 5.74) is 0. The molecule has 2 unspecified atom stereocenters. The SMILES string of the molecule is CC(C)CC(C)N(C)c1nnc(C(C)Cl)o1. The minimum atomic E-state index is -0.241. The molecule has 1 rings (SSSR count). The van der Waals surface area contributed by atoms with Crippen molar-refractivity contribution in [2.24, 2.45) is 5.92 Å². The largest absolute Gasteiger partial charge is 0.406 e. The summed E-state index contributed by atoms with van der Waals surface area (Å²) in [4.78, 5) is 2.00. The Bertz CT molecular complexity index is 325. The molecule has 0 spiro atoms. The zero-order valence-corrected chi connectivity index (χ0v) is 11.3. The Hall–Kier alpha value is -0.770. The third-order valence-electron chi connectivity index (χ3n) is 2.55. The van der Waals surface area contributed by atoms with E-state index in [1.807, 2.05) is 18.9 Å². The van der Waals surface area contributed by atoms with E-state index in [9.17, 15) is 0 Å². The van der Waals surface area contributed by atoms with Crippen molar-refractivity contribution >= 4 is 17.6 Å². The van der Waals surface area contributed by atoms with Gasteiger partial charge in [0.25, 0.3) is 0 Å². The highest BCUT2D eigenvalue weighted by atomic mass is 35.5. The van der Waals surface area contributed by atoms with E-state index in [1.165, 1.54) is 0 Å². The predicted molar refractivity (Wildman–Crippen MR) is 65.9 cm³/mol. The fourth-order valence-electron chi connectivity index (χ4n) is 1.56. The van der Waals surface area contributed by atoms with Gasteiger partial charge in [-0.15, -0.1) is 16.7 Å². The van der Waals surface area contributed by atoms with Gasteiger partial charge in [-0.1, -0.05) is 18.9 Å². The Kier molecular flexibility index (Phi) is 4.59. The van der Waals surface area contributed by atoms with Crippen molar-refractivity contribution in [1.29, 1.82) is 0 Å². The summed E-state index contributed by atoms with van der Waals surface area (Å²) in [5, 5.41) is 7.66. The molecule has 1 heterocycles. The molecule has 92 valence electrons. The third kappa shape index (κ3) is 3.37. The minimum absolute atomic E-state index is 0.241. The molecule has 0 bridgehead atoms. The number of hydrogen-bond donors (Lipinski definition) is 0. The molecule has 0 fully saturated rings. The highest BCUT2D eigenvalue weighted by Gasteiger charge is 2.18. The molecule has 0 saturated carbocycles. The van der Waals surface area contributed by atoms with E-state index >= 15 is 0 Å². The smallest absolute Gasteiger partial charge is 0.318 e. The van der Waals surface area contributed by atoms with Gasteiger partial charge < -0.3 is 9.32 Å². The van der Waals surface area contributed by atoms with Crippen LogP contribution in [0.5, 0.6) is 0 Å². The van der Waals surface area contributed by atoms with Crippen molar-refractivity contribution in [1.82, 2.24) is 10.2 Å². The van der Waals surface area contributed by atoms with Gasteiger partial charge in [0.05, 0.1) is 0 Å². The van der Waals surface area contributed by atoms with E-state index in [1.54, 1.807) is 0 Å². The van der Waals surface area contributed by atoms with Crippen molar-refractivity contribution in [3.8, 4) is 0 Å². The standard InChI is InChI=1S/C11H20ClN3O/c1-7(2)6-8(3)15(5)11-14-13-10(16-11)9(4)12/h7-9H,6H2,1-5H3.